The normalized spacial score (nSPS) is 18.0. The molecule has 1 aliphatic carbocycles. The van der Waals surface area contributed by atoms with Gasteiger partial charge in [0.25, 0.3) is 0 Å². The van der Waals surface area contributed by atoms with Gasteiger partial charge in [0.2, 0.25) is 0 Å². The molecule has 98 valence electrons. The number of hydrazine groups is 1. The summed E-state index contributed by atoms with van der Waals surface area (Å²) in [7, 11) is 0. The summed E-state index contributed by atoms with van der Waals surface area (Å²) in [5.41, 5.74) is 5.59. The summed E-state index contributed by atoms with van der Waals surface area (Å²) in [6, 6.07) is 18.6. The van der Waals surface area contributed by atoms with Crippen molar-refractivity contribution < 1.29 is 0 Å². The maximum absolute atomic E-state index is 6.09. The van der Waals surface area contributed by atoms with Gasteiger partial charge in [-0.25, -0.2) is 0 Å². The van der Waals surface area contributed by atoms with Crippen molar-refractivity contribution in [2.75, 3.05) is 0 Å². The average molecular weight is 273 g/mol. The third-order valence-corrected chi connectivity index (χ3v) is 4.27. The highest BCUT2D eigenvalue weighted by atomic mass is 35.5. The Morgan fingerprint density at radius 2 is 1.79 bits per heavy atom. The number of nitrogens with two attached hydrogens (primary N) is 1. The number of hydrogen-bond donors (Lipinski definition) is 2. The van der Waals surface area contributed by atoms with Crippen molar-refractivity contribution in [1.29, 1.82) is 0 Å². The van der Waals surface area contributed by atoms with Crippen molar-refractivity contribution in [3.63, 3.8) is 0 Å². The second kappa shape index (κ2) is 4.97. The van der Waals surface area contributed by atoms with Crippen molar-refractivity contribution in [2.45, 2.75) is 24.3 Å². The van der Waals surface area contributed by atoms with Gasteiger partial charge < -0.3 is 0 Å². The van der Waals surface area contributed by atoms with Gasteiger partial charge in [-0.2, -0.15) is 0 Å². The van der Waals surface area contributed by atoms with Crippen molar-refractivity contribution in [2.24, 2.45) is 5.84 Å². The van der Waals surface area contributed by atoms with Gasteiger partial charge in [0, 0.05) is 10.4 Å². The first-order chi connectivity index (χ1) is 9.26. The van der Waals surface area contributed by atoms with Gasteiger partial charge in [-0.1, -0.05) is 54.1 Å². The van der Waals surface area contributed by atoms with Crippen LogP contribution in [0.1, 0.15) is 30.0 Å². The molecule has 3 N–H and O–H groups in total. The molecule has 2 aromatic rings. The predicted molar refractivity (Wildman–Crippen MR) is 78.9 cm³/mol. The van der Waals surface area contributed by atoms with E-state index >= 15 is 0 Å². The molecule has 1 atom stereocenters. The van der Waals surface area contributed by atoms with E-state index < -0.39 is 0 Å². The molecule has 0 heterocycles. The number of nitrogens with one attached hydrogen (secondary N) is 1. The lowest BCUT2D eigenvalue weighted by atomic mass is 9.84. The highest BCUT2D eigenvalue weighted by molar-refractivity contribution is 6.30. The molecule has 0 saturated heterocycles. The molecular formula is C16H17ClN2. The Morgan fingerprint density at radius 3 is 2.37 bits per heavy atom. The van der Waals surface area contributed by atoms with Crippen LogP contribution < -0.4 is 11.3 Å². The summed E-state index contributed by atoms with van der Waals surface area (Å²) in [4.78, 5) is 0. The molecule has 1 fully saturated rings. The van der Waals surface area contributed by atoms with Crippen LogP contribution in [0.4, 0.5) is 0 Å². The molecule has 0 aromatic heterocycles. The van der Waals surface area contributed by atoms with Crippen LogP contribution in [0, 0.1) is 0 Å². The molecule has 1 aliphatic rings. The van der Waals surface area contributed by atoms with E-state index in [2.05, 4.69) is 35.8 Å². The Balaban J connectivity index is 1.99. The van der Waals surface area contributed by atoms with Crippen LogP contribution in [0.15, 0.2) is 54.6 Å². The van der Waals surface area contributed by atoms with Crippen molar-refractivity contribution in [3.05, 3.63) is 70.7 Å². The van der Waals surface area contributed by atoms with E-state index in [0.717, 1.165) is 23.4 Å². The fourth-order valence-corrected chi connectivity index (χ4v) is 3.11. The molecule has 0 aliphatic heterocycles. The third-order valence-electron chi connectivity index (χ3n) is 4.04. The Labute approximate surface area is 118 Å². The van der Waals surface area contributed by atoms with Crippen LogP contribution in [-0.4, -0.2) is 0 Å². The molecule has 2 aromatic carbocycles. The summed E-state index contributed by atoms with van der Waals surface area (Å²) in [6.45, 7) is 0. The van der Waals surface area contributed by atoms with Gasteiger partial charge in [0.1, 0.15) is 0 Å². The van der Waals surface area contributed by atoms with Crippen molar-refractivity contribution in [1.82, 2.24) is 5.43 Å². The summed E-state index contributed by atoms with van der Waals surface area (Å²) in [5, 5.41) is 0.751. The smallest absolute Gasteiger partial charge is 0.0557 e. The second-order valence-corrected chi connectivity index (χ2v) is 5.61. The fourth-order valence-electron chi connectivity index (χ4n) is 2.91. The van der Waals surface area contributed by atoms with Gasteiger partial charge in [-0.3, -0.25) is 11.3 Å². The number of rotatable bonds is 4. The van der Waals surface area contributed by atoms with E-state index in [4.69, 9.17) is 17.4 Å². The monoisotopic (exact) mass is 272 g/mol. The average Bonchev–Trinajstić information content (AvgIpc) is 3.22. The van der Waals surface area contributed by atoms with E-state index in [-0.39, 0.29) is 11.5 Å². The minimum absolute atomic E-state index is 0.105. The standard InChI is InChI=1S/C16H17ClN2/c17-14-8-4-5-12(11-14)15(19-18)16(9-10-16)13-6-2-1-3-7-13/h1-8,11,15,19H,9-10,18H2. The number of benzene rings is 2. The van der Waals surface area contributed by atoms with Gasteiger partial charge in [-0.15, -0.1) is 0 Å². The van der Waals surface area contributed by atoms with Gasteiger partial charge in [-0.05, 0) is 36.1 Å². The molecule has 0 radical (unpaired) electrons. The SMILES string of the molecule is NNC(c1cccc(Cl)c1)C1(c2ccccc2)CC1. The van der Waals surface area contributed by atoms with E-state index in [9.17, 15) is 0 Å². The highest BCUT2D eigenvalue weighted by Crippen LogP contribution is 2.56. The second-order valence-electron chi connectivity index (χ2n) is 5.18. The van der Waals surface area contributed by atoms with Crippen molar-refractivity contribution in [3.8, 4) is 0 Å². The third kappa shape index (κ3) is 2.27. The quantitative estimate of drug-likeness (QED) is 0.660. The molecule has 1 unspecified atom stereocenters. The Kier molecular flexibility index (Phi) is 3.31. The first kappa shape index (κ1) is 12.7. The molecule has 0 amide bonds. The zero-order valence-corrected chi connectivity index (χ0v) is 11.4. The Morgan fingerprint density at radius 1 is 1.05 bits per heavy atom. The zero-order valence-electron chi connectivity index (χ0n) is 10.6. The first-order valence-corrected chi connectivity index (χ1v) is 6.91. The zero-order chi connectivity index (χ0) is 13.3. The Bertz CT molecular complexity index is 564. The predicted octanol–water partition coefficient (Wildman–Crippen LogP) is 3.58. The summed E-state index contributed by atoms with van der Waals surface area (Å²) in [6.07, 6.45) is 2.30. The topological polar surface area (TPSA) is 38.0 Å². The molecule has 3 rings (SSSR count). The summed E-state index contributed by atoms with van der Waals surface area (Å²) < 4.78 is 0. The minimum Gasteiger partial charge on any atom is -0.271 e. The molecule has 0 spiro atoms. The van der Waals surface area contributed by atoms with Crippen LogP contribution in [0.25, 0.3) is 0 Å². The molecule has 2 nitrogen and oxygen atoms in total. The van der Waals surface area contributed by atoms with Gasteiger partial charge >= 0.3 is 0 Å². The number of halogens is 1. The molecule has 1 saturated carbocycles. The first-order valence-electron chi connectivity index (χ1n) is 6.53. The summed E-state index contributed by atoms with van der Waals surface area (Å²) >= 11 is 6.09. The lowest BCUT2D eigenvalue weighted by Gasteiger charge is -2.27. The molecule has 0 bridgehead atoms. The van der Waals surface area contributed by atoms with Crippen LogP contribution in [-0.2, 0) is 5.41 Å². The van der Waals surface area contributed by atoms with E-state index in [1.165, 1.54) is 5.56 Å². The number of hydrogen-bond acceptors (Lipinski definition) is 2. The molecule has 19 heavy (non-hydrogen) atoms. The van der Waals surface area contributed by atoms with Gasteiger partial charge in [0.05, 0.1) is 6.04 Å². The van der Waals surface area contributed by atoms with Crippen LogP contribution >= 0.6 is 11.6 Å². The lowest BCUT2D eigenvalue weighted by Crippen LogP contribution is -2.36. The van der Waals surface area contributed by atoms with E-state index in [1.54, 1.807) is 0 Å². The maximum atomic E-state index is 6.09. The van der Waals surface area contributed by atoms with Gasteiger partial charge in [0.15, 0.2) is 0 Å². The highest BCUT2D eigenvalue weighted by Gasteiger charge is 2.50. The Hall–Kier alpha value is -1.35. The van der Waals surface area contributed by atoms with Crippen LogP contribution in [0.3, 0.4) is 0 Å². The van der Waals surface area contributed by atoms with Crippen molar-refractivity contribution >= 4 is 11.6 Å². The minimum atomic E-state index is 0.105. The molecular weight excluding hydrogens is 256 g/mol. The fraction of sp³-hybridized carbons (Fsp3) is 0.250. The lowest BCUT2D eigenvalue weighted by molar-refractivity contribution is 0.439. The maximum Gasteiger partial charge on any atom is 0.0557 e. The van der Waals surface area contributed by atoms with Crippen LogP contribution in [0.5, 0.6) is 0 Å². The van der Waals surface area contributed by atoms with E-state index in [1.807, 2.05) is 24.3 Å². The summed E-state index contributed by atoms with van der Waals surface area (Å²) in [5.74, 6) is 5.83. The van der Waals surface area contributed by atoms with Crippen LogP contribution in [0.2, 0.25) is 5.02 Å². The molecule has 3 heteroatoms. The van der Waals surface area contributed by atoms with E-state index in [0.29, 0.717) is 0 Å². The largest absolute Gasteiger partial charge is 0.271 e.